The molecule has 6 nitrogen and oxygen atoms in total. The number of hydrogen-bond acceptors (Lipinski definition) is 4. The SMILES string of the molecule is CCCNC(=O)c1cc2c(C)nn(C)c2nc1N. The van der Waals surface area contributed by atoms with E-state index >= 15 is 0 Å². The summed E-state index contributed by atoms with van der Waals surface area (Å²) in [6, 6.07) is 1.75. The highest BCUT2D eigenvalue weighted by Gasteiger charge is 2.15. The molecule has 3 N–H and O–H groups in total. The molecule has 0 saturated carbocycles. The maximum absolute atomic E-state index is 11.9. The summed E-state index contributed by atoms with van der Waals surface area (Å²) in [4.78, 5) is 16.2. The van der Waals surface area contributed by atoms with Gasteiger partial charge in [-0.25, -0.2) is 4.98 Å². The van der Waals surface area contributed by atoms with Crippen molar-refractivity contribution in [2.24, 2.45) is 7.05 Å². The van der Waals surface area contributed by atoms with Crippen molar-refractivity contribution in [3.8, 4) is 0 Å². The first-order chi connectivity index (χ1) is 8.54. The molecule has 0 aromatic carbocycles. The number of aryl methyl sites for hydroxylation is 2. The Hall–Kier alpha value is -2.11. The number of nitrogens with two attached hydrogens (primary N) is 1. The molecule has 0 aliphatic heterocycles. The average Bonchev–Trinajstić information content (AvgIpc) is 2.60. The number of hydrogen-bond donors (Lipinski definition) is 2. The Kier molecular flexibility index (Phi) is 3.18. The van der Waals surface area contributed by atoms with Crippen molar-refractivity contribution in [2.45, 2.75) is 20.3 Å². The molecule has 6 heteroatoms. The number of nitrogen functional groups attached to an aromatic ring is 1. The highest BCUT2D eigenvalue weighted by atomic mass is 16.1. The molecule has 96 valence electrons. The zero-order chi connectivity index (χ0) is 13.3. The maximum atomic E-state index is 11.9. The quantitative estimate of drug-likeness (QED) is 0.847. The normalized spacial score (nSPS) is 10.8. The van der Waals surface area contributed by atoms with Crippen LogP contribution in [0.1, 0.15) is 29.4 Å². The minimum Gasteiger partial charge on any atom is -0.383 e. The van der Waals surface area contributed by atoms with Gasteiger partial charge < -0.3 is 11.1 Å². The molecule has 0 bridgehead atoms. The lowest BCUT2D eigenvalue weighted by Crippen LogP contribution is -2.25. The molecule has 0 atom stereocenters. The number of carbonyl (C=O) groups is 1. The predicted molar refractivity (Wildman–Crippen MR) is 70.3 cm³/mol. The largest absolute Gasteiger partial charge is 0.383 e. The number of rotatable bonds is 3. The third-order valence-electron chi connectivity index (χ3n) is 2.81. The highest BCUT2D eigenvalue weighted by Crippen LogP contribution is 2.20. The third kappa shape index (κ3) is 2.01. The zero-order valence-electron chi connectivity index (χ0n) is 10.8. The molecular weight excluding hydrogens is 230 g/mol. The molecule has 18 heavy (non-hydrogen) atoms. The number of nitrogens with one attached hydrogen (secondary N) is 1. The van der Waals surface area contributed by atoms with E-state index in [-0.39, 0.29) is 11.7 Å². The lowest BCUT2D eigenvalue weighted by atomic mass is 10.1. The number of pyridine rings is 1. The molecule has 1 amide bonds. The molecular formula is C12H17N5O. The first kappa shape index (κ1) is 12.3. The van der Waals surface area contributed by atoms with Crippen LogP contribution >= 0.6 is 0 Å². The van der Waals surface area contributed by atoms with Gasteiger partial charge in [0.15, 0.2) is 5.65 Å². The van der Waals surface area contributed by atoms with Gasteiger partial charge in [-0.05, 0) is 19.4 Å². The van der Waals surface area contributed by atoms with Crippen molar-refractivity contribution in [2.75, 3.05) is 12.3 Å². The van der Waals surface area contributed by atoms with E-state index < -0.39 is 0 Å². The Morgan fingerprint density at radius 1 is 1.56 bits per heavy atom. The molecule has 0 fully saturated rings. The minimum atomic E-state index is -0.188. The second-order valence-corrected chi connectivity index (χ2v) is 4.26. The van der Waals surface area contributed by atoms with Crippen LogP contribution < -0.4 is 11.1 Å². The summed E-state index contributed by atoms with van der Waals surface area (Å²) >= 11 is 0. The molecule has 0 saturated heterocycles. The molecule has 2 rings (SSSR count). The van der Waals surface area contributed by atoms with Crippen LogP contribution in [0.4, 0.5) is 5.82 Å². The first-order valence-electron chi connectivity index (χ1n) is 5.92. The van der Waals surface area contributed by atoms with Crippen molar-refractivity contribution in [1.82, 2.24) is 20.1 Å². The van der Waals surface area contributed by atoms with Gasteiger partial charge in [0.1, 0.15) is 5.82 Å². The molecule has 0 unspecified atom stereocenters. The van der Waals surface area contributed by atoms with Gasteiger partial charge in [-0.15, -0.1) is 0 Å². The Bertz CT molecular complexity index is 602. The number of fused-ring (bicyclic) bond motifs is 1. The van der Waals surface area contributed by atoms with E-state index in [2.05, 4.69) is 15.4 Å². The fourth-order valence-corrected chi connectivity index (χ4v) is 1.87. The number of amides is 1. The monoisotopic (exact) mass is 247 g/mol. The summed E-state index contributed by atoms with van der Waals surface area (Å²) in [7, 11) is 1.80. The van der Waals surface area contributed by atoms with Crippen molar-refractivity contribution in [1.29, 1.82) is 0 Å². The van der Waals surface area contributed by atoms with E-state index in [9.17, 15) is 4.79 Å². The van der Waals surface area contributed by atoms with Gasteiger partial charge in [-0.2, -0.15) is 5.10 Å². The summed E-state index contributed by atoms with van der Waals surface area (Å²) in [5.74, 6) is 0.0473. The van der Waals surface area contributed by atoms with Gasteiger partial charge in [0.25, 0.3) is 5.91 Å². The van der Waals surface area contributed by atoms with Crippen LogP contribution in [-0.4, -0.2) is 27.2 Å². The molecule has 0 aliphatic carbocycles. The lowest BCUT2D eigenvalue weighted by Gasteiger charge is -2.06. The number of nitrogens with zero attached hydrogens (tertiary/aromatic N) is 3. The van der Waals surface area contributed by atoms with Gasteiger partial charge in [0.05, 0.1) is 11.3 Å². The van der Waals surface area contributed by atoms with Crippen molar-refractivity contribution < 1.29 is 4.79 Å². The number of anilines is 1. The lowest BCUT2D eigenvalue weighted by molar-refractivity contribution is 0.0954. The molecule has 0 radical (unpaired) electrons. The average molecular weight is 247 g/mol. The highest BCUT2D eigenvalue weighted by molar-refractivity contribution is 6.01. The van der Waals surface area contributed by atoms with Gasteiger partial charge in [0.2, 0.25) is 0 Å². The Morgan fingerprint density at radius 2 is 2.28 bits per heavy atom. The Morgan fingerprint density at radius 3 is 2.94 bits per heavy atom. The molecule has 0 aliphatic rings. The van der Waals surface area contributed by atoms with Crippen LogP contribution in [0.2, 0.25) is 0 Å². The first-order valence-corrected chi connectivity index (χ1v) is 5.92. The minimum absolute atomic E-state index is 0.188. The summed E-state index contributed by atoms with van der Waals surface area (Å²) in [5.41, 5.74) is 7.76. The van der Waals surface area contributed by atoms with Crippen LogP contribution in [0.25, 0.3) is 11.0 Å². The van der Waals surface area contributed by atoms with Gasteiger partial charge in [0, 0.05) is 19.0 Å². The van der Waals surface area contributed by atoms with E-state index in [1.807, 2.05) is 13.8 Å². The third-order valence-corrected chi connectivity index (χ3v) is 2.81. The van der Waals surface area contributed by atoms with E-state index in [1.54, 1.807) is 17.8 Å². The Labute approximate surface area is 105 Å². The topological polar surface area (TPSA) is 85.8 Å². The maximum Gasteiger partial charge on any atom is 0.255 e. The summed E-state index contributed by atoms with van der Waals surface area (Å²) in [6.07, 6.45) is 0.882. The van der Waals surface area contributed by atoms with Crippen LogP contribution in [-0.2, 0) is 7.05 Å². The number of carbonyl (C=O) groups excluding carboxylic acids is 1. The van der Waals surface area contributed by atoms with Crippen molar-refractivity contribution >= 4 is 22.8 Å². The van der Waals surface area contributed by atoms with Crippen LogP contribution in [0, 0.1) is 6.92 Å². The van der Waals surface area contributed by atoms with Gasteiger partial charge in [-0.1, -0.05) is 6.92 Å². The molecule has 2 heterocycles. The van der Waals surface area contributed by atoms with E-state index in [0.717, 1.165) is 17.5 Å². The van der Waals surface area contributed by atoms with E-state index in [4.69, 9.17) is 5.73 Å². The summed E-state index contributed by atoms with van der Waals surface area (Å²) in [6.45, 7) is 4.51. The molecule has 2 aromatic rings. The molecule has 2 aromatic heterocycles. The second-order valence-electron chi connectivity index (χ2n) is 4.26. The second kappa shape index (κ2) is 4.64. The van der Waals surface area contributed by atoms with Crippen LogP contribution in [0.3, 0.4) is 0 Å². The van der Waals surface area contributed by atoms with Crippen molar-refractivity contribution in [3.05, 3.63) is 17.3 Å². The zero-order valence-corrected chi connectivity index (χ0v) is 10.8. The Balaban J connectivity index is 2.49. The van der Waals surface area contributed by atoms with Gasteiger partial charge in [-0.3, -0.25) is 9.48 Å². The molecule has 0 spiro atoms. The van der Waals surface area contributed by atoms with E-state index in [0.29, 0.717) is 17.8 Å². The smallest absolute Gasteiger partial charge is 0.255 e. The van der Waals surface area contributed by atoms with Crippen LogP contribution in [0.5, 0.6) is 0 Å². The van der Waals surface area contributed by atoms with Crippen molar-refractivity contribution in [3.63, 3.8) is 0 Å². The van der Waals surface area contributed by atoms with Crippen LogP contribution in [0.15, 0.2) is 6.07 Å². The van der Waals surface area contributed by atoms with E-state index in [1.165, 1.54) is 0 Å². The number of aromatic nitrogens is 3. The summed E-state index contributed by atoms with van der Waals surface area (Å²) in [5, 5.41) is 7.91. The summed E-state index contributed by atoms with van der Waals surface area (Å²) < 4.78 is 1.66. The standard InChI is InChI=1S/C12H17N5O/c1-4-5-14-12(18)9-6-8-7(2)16-17(3)11(8)15-10(9)13/h6H,4-5H2,1-3H3,(H2,13,15)(H,14,18). The van der Waals surface area contributed by atoms with Gasteiger partial charge >= 0.3 is 0 Å². The fourth-order valence-electron chi connectivity index (χ4n) is 1.87. The predicted octanol–water partition coefficient (Wildman–Crippen LogP) is 0.999. The fraction of sp³-hybridized carbons (Fsp3) is 0.417.